The third kappa shape index (κ3) is 6.35. The smallest absolute Gasteiger partial charge is 0.410 e. The van der Waals surface area contributed by atoms with E-state index in [1.807, 2.05) is 41.5 Å². The Balaban J connectivity index is 2.08. The Morgan fingerprint density at radius 3 is 2.18 bits per heavy atom. The van der Waals surface area contributed by atoms with Crippen LogP contribution < -0.4 is 5.32 Å². The summed E-state index contributed by atoms with van der Waals surface area (Å²) in [6.45, 7) is 12.4. The minimum atomic E-state index is -0.566. The number of alkyl carbamates (subject to hydrolysis) is 1. The molecular formula is C20H32N4O4. The zero-order chi connectivity index (χ0) is 21.0. The predicted octanol–water partition coefficient (Wildman–Crippen LogP) is 3.27. The number of nitrogens with one attached hydrogen (secondary N) is 1. The third-order valence-corrected chi connectivity index (χ3v) is 4.45. The van der Waals surface area contributed by atoms with Gasteiger partial charge in [0.05, 0.1) is 5.69 Å². The van der Waals surface area contributed by atoms with Gasteiger partial charge in [0, 0.05) is 43.6 Å². The first-order valence-corrected chi connectivity index (χ1v) is 9.62. The molecule has 156 valence electrons. The zero-order valence-electron chi connectivity index (χ0n) is 17.7. The van der Waals surface area contributed by atoms with Gasteiger partial charge in [0.1, 0.15) is 11.2 Å². The SMILES string of the molecule is CC(C)(C)OC(=O)NCC1(c2cnccn2)CCN(C(=O)OC(C)(C)C)CC1. The van der Waals surface area contributed by atoms with Gasteiger partial charge in [0.25, 0.3) is 0 Å². The van der Waals surface area contributed by atoms with Gasteiger partial charge in [-0.3, -0.25) is 9.97 Å². The van der Waals surface area contributed by atoms with E-state index in [0.717, 1.165) is 5.69 Å². The monoisotopic (exact) mass is 392 g/mol. The van der Waals surface area contributed by atoms with Crippen LogP contribution in [0.1, 0.15) is 60.1 Å². The Bertz CT molecular complexity index is 672. The molecule has 1 fully saturated rings. The van der Waals surface area contributed by atoms with Crippen LogP contribution >= 0.6 is 0 Å². The highest BCUT2D eigenvalue weighted by molar-refractivity contribution is 5.69. The van der Waals surface area contributed by atoms with Gasteiger partial charge in [-0.15, -0.1) is 0 Å². The minimum Gasteiger partial charge on any atom is -0.444 e. The van der Waals surface area contributed by atoms with Gasteiger partial charge in [0.15, 0.2) is 0 Å². The molecule has 0 radical (unpaired) electrons. The lowest BCUT2D eigenvalue weighted by Gasteiger charge is -2.41. The zero-order valence-corrected chi connectivity index (χ0v) is 17.7. The normalized spacial score (nSPS) is 17.0. The molecule has 1 N–H and O–H groups in total. The van der Waals surface area contributed by atoms with Crippen LogP contribution in [-0.2, 0) is 14.9 Å². The van der Waals surface area contributed by atoms with E-state index >= 15 is 0 Å². The minimum absolute atomic E-state index is 0.319. The molecule has 1 aliphatic rings. The predicted molar refractivity (Wildman–Crippen MR) is 105 cm³/mol. The number of amides is 2. The number of carbonyl (C=O) groups is 2. The van der Waals surface area contributed by atoms with Crippen molar-refractivity contribution in [3.05, 3.63) is 24.3 Å². The van der Waals surface area contributed by atoms with Gasteiger partial charge < -0.3 is 19.7 Å². The molecule has 1 aromatic rings. The highest BCUT2D eigenvalue weighted by Crippen LogP contribution is 2.34. The van der Waals surface area contributed by atoms with E-state index in [4.69, 9.17) is 9.47 Å². The van der Waals surface area contributed by atoms with E-state index in [1.165, 1.54) is 0 Å². The molecule has 28 heavy (non-hydrogen) atoms. The molecule has 8 heteroatoms. The van der Waals surface area contributed by atoms with Crippen LogP contribution in [0.4, 0.5) is 9.59 Å². The molecule has 1 aromatic heterocycles. The number of likely N-dealkylation sites (tertiary alicyclic amines) is 1. The van der Waals surface area contributed by atoms with Crippen LogP contribution in [0.15, 0.2) is 18.6 Å². The van der Waals surface area contributed by atoms with Crippen LogP contribution in [0.25, 0.3) is 0 Å². The molecule has 1 aliphatic heterocycles. The van der Waals surface area contributed by atoms with Gasteiger partial charge in [-0.2, -0.15) is 0 Å². The Morgan fingerprint density at radius 1 is 1.07 bits per heavy atom. The summed E-state index contributed by atoms with van der Waals surface area (Å²) in [6.07, 6.45) is 5.48. The highest BCUT2D eigenvalue weighted by Gasteiger charge is 2.40. The molecule has 2 heterocycles. The molecule has 0 atom stereocenters. The summed E-state index contributed by atoms with van der Waals surface area (Å²) in [7, 11) is 0. The second kappa shape index (κ2) is 8.32. The van der Waals surface area contributed by atoms with Gasteiger partial charge in [-0.1, -0.05) is 0 Å². The van der Waals surface area contributed by atoms with Crippen LogP contribution in [0.3, 0.4) is 0 Å². The first-order chi connectivity index (χ1) is 12.9. The standard InChI is InChI=1S/C20H32N4O4/c1-18(2,3)27-16(25)23-14-20(15-13-21-9-10-22-15)7-11-24(12-8-20)17(26)28-19(4,5)6/h9-10,13H,7-8,11-12,14H2,1-6H3,(H,23,25). The Labute approximate surface area is 167 Å². The number of carbonyl (C=O) groups excluding carboxylic acids is 2. The fourth-order valence-electron chi connectivity index (χ4n) is 3.10. The lowest BCUT2D eigenvalue weighted by molar-refractivity contribution is 0.0151. The number of piperidine rings is 1. The van der Waals surface area contributed by atoms with Crippen molar-refractivity contribution in [3.63, 3.8) is 0 Å². The average molecular weight is 393 g/mol. The molecule has 0 spiro atoms. The molecule has 0 aliphatic carbocycles. The van der Waals surface area contributed by atoms with Gasteiger partial charge in [0.2, 0.25) is 0 Å². The molecule has 0 aromatic carbocycles. The van der Waals surface area contributed by atoms with E-state index in [2.05, 4.69) is 15.3 Å². The van der Waals surface area contributed by atoms with Crippen molar-refractivity contribution < 1.29 is 19.1 Å². The molecule has 0 saturated carbocycles. The van der Waals surface area contributed by atoms with Crippen LogP contribution in [-0.4, -0.2) is 57.9 Å². The molecule has 0 unspecified atom stereocenters. The number of hydrogen-bond acceptors (Lipinski definition) is 6. The molecule has 8 nitrogen and oxygen atoms in total. The summed E-state index contributed by atoms with van der Waals surface area (Å²) >= 11 is 0. The van der Waals surface area contributed by atoms with E-state index in [0.29, 0.717) is 32.5 Å². The summed E-state index contributed by atoms with van der Waals surface area (Å²) in [5, 5.41) is 2.87. The number of nitrogens with zero attached hydrogens (tertiary/aromatic N) is 3. The second-order valence-electron chi connectivity index (χ2n) is 9.19. The fourth-order valence-corrected chi connectivity index (χ4v) is 3.10. The quantitative estimate of drug-likeness (QED) is 0.848. The number of hydrogen-bond donors (Lipinski definition) is 1. The molecular weight excluding hydrogens is 360 g/mol. The number of ether oxygens (including phenoxy) is 2. The molecule has 1 saturated heterocycles. The summed E-state index contributed by atoms with van der Waals surface area (Å²) in [6, 6.07) is 0. The maximum atomic E-state index is 12.4. The van der Waals surface area contributed by atoms with Gasteiger partial charge in [-0.05, 0) is 54.4 Å². The van der Waals surface area contributed by atoms with Gasteiger partial charge >= 0.3 is 12.2 Å². The maximum Gasteiger partial charge on any atom is 0.410 e. The molecule has 2 rings (SSSR count). The van der Waals surface area contributed by atoms with Crippen molar-refractivity contribution >= 4 is 12.2 Å². The van der Waals surface area contributed by atoms with Crippen LogP contribution in [0, 0.1) is 0 Å². The summed E-state index contributed by atoms with van der Waals surface area (Å²) < 4.78 is 10.8. The van der Waals surface area contributed by atoms with E-state index in [9.17, 15) is 9.59 Å². The van der Waals surface area contributed by atoms with Crippen molar-refractivity contribution in [3.8, 4) is 0 Å². The third-order valence-electron chi connectivity index (χ3n) is 4.45. The van der Waals surface area contributed by atoms with E-state index in [1.54, 1.807) is 23.5 Å². The topological polar surface area (TPSA) is 93.6 Å². The number of rotatable bonds is 3. The molecule has 2 amide bonds. The van der Waals surface area contributed by atoms with Crippen molar-refractivity contribution in [2.45, 2.75) is 71.0 Å². The second-order valence-corrected chi connectivity index (χ2v) is 9.19. The Kier molecular flexibility index (Phi) is 6.52. The van der Waals surface area contributed by atoms with Crippen LogP contribution in [0.5, 0.6) is 0 Å². The first-order valence-electron chi connectivity index (χ1n) is 9.62. The summed E-state index contributed by atoms with van der Waals surface area (Å²) in [5.41, 5.74) is -0.711. The van der Waals surface area contributed by atoms with Crippen molar-refractivity contribution in [2.75, 3.05) is 19.6 Å². The number of aromatic nitrogens is 2. The Morgan fingerprint density at radius 2 is 1.68 bits per heavy atom. The molecule has 0 bridgehead atoms. The largest absolute Gasteiger partial charge is 0.444 e. The van der Waals surface area contributed by atoms with Crippen molar-refractivity contribution in [1.82, 2.24) is 20.2 Å². The fraction of sp³-hybridized carbons (Fsp3) is 0.700. The summed E-state index contributed by atoms with van der Waals surface area (Å²) in [4.78, 5) is 34.9. The van der Waals surface area contributed by atoms with Crippen LogP contribution in [0.2, 0.25) is 0 Å². The van der Waals surface area contributed by atoms with Gasteiger partial charge in [-0.25, -0.2) is 9.59 Å². The van der Waals surface area contributed by atoms with Crippen molar-refractivity contribution in [2.24, 2.45) is 0 Å². The van der Waals surface area contributed by atoms with Crippen molar-refractivity contribution in [1.29, 1.82) is 0 Å². The van der Waals surface area contributed by atoms with E-state index < -0.39 is 22.7 Å². The van der Waals surface area contributed by atoms with E-state index in [-0.39, 0.29) is 6.09 Å². The average Bonchev–Trinajstić information content (AvgIpc) is 2.58. The lowest BCUT2D eigenvalue weighted by atomic mass is 9.75. The lowest BCUT2D eigenvalue weighted by Crippen LogP contribution is -2.51. The maximum absolute atomic E-state index is 12.4. The summed E-state index contributed by atoms with van der Waals surface area (Å²) in [5.74, 6) is 0. The first kappa shape index (κ1) is 21.9. The highest BCUT2D eigenvalue weighted by atomic mass is 16.6. The Hall–Kier alpha value is -2.38.